The Morgan fingerprint density at radius 2 is 2.11 bits per heavy atom. The van der Waals surface area contributed by atoms with E-state index in [0.717, 1.165) is 45.1 Å². The van der Waals surface area contributed by atoms with Crippen molar-refractivity contribution in [3.05, 3.63) is 0 Å². The van der Waals surface area contributed by atoms with Gasteiger partial charge in [-0.25, -0.2) is 0 Å². The van der Waals surface area contributed by atoms with Crippen LogP contribution in [0.2, 0.25) is 0 Å². The normalized spacial score (nSPS) is 26.8. The second-order valence-corrected chi connectivity index (χ2v) is 5.80. The SMILES string of the molecule is N#CC1(NC(=O)CN2CCCC2CN)CCCCC1. The Morgan fingerprint density at radius 1 is 1.37 bits per heavy atom. The third-order valence-corrected chi connectivity index (χ3v) is 4.42. The molecule has 2 aliphatic rings. The molecular formula is C14H24N4O. The van der Waals surface area contributed by atoms with Crippen molar-refractivity contribution in [2.24, 2.45) is 5.73 Å². The largest absolute Gasteiger partial charge is 0.337 e. The van der Waals surface area contributed by atoms with Crippen LogP contribution in [0.4, 0.5) is 0 Å². The van der Waals surface area contributed by atoms with Crippen LogP contribution in [0, 0.1) is 11.3 Å². The van der Waals surface area contributed by atoms with Crippen LogP contribution in [0.5, 0.6) is 0 Å². The molecule has 1 unspecified atom stereocenters. The van der Waals surface area contributed by atoms with Crippen LogP contribution in [0.15, 0.2) is 0 Å². The number of hydrogen-bond acceptors (Lipinski definition) is 4. The fourth-order valence-corrected chi connectivity index (χ4v) is 3.28. The Kier molecular flexibility index (Phi) is 4.78. The molecule has 1 atom stereocenters. The van der Waals surface area contributed by atoms with Gasteiger partial charge in [-0.2, -0.15) is 5.26 Å². The van der Waals surface area contributed by atoms with E-state index in [2.05, 4.69) is 16.3 Å². The van der Waals surface area contributed by atoms with Crippen molar-refractivity contribution in [1.82, 2.24) is 10.2 Å². The molecular weight excluding hydrogens is 240 g/mol. The van der Waals surface area contributed by atoms with Gasteiger partial charge in [0.2, 0.25) is 5.91 Å². The Balaban J connectivity index is 1.88. The van der Waals surface area contributed by atoms with Gasteiger partial charge in [0.05, 0.1) is 12.6 Å². The van der Waals surface area contributed by atoms with E-state index in [1.54, 1.807) is 0 Å². The van der Waals surface area contributed by atoms with Crippen LogP contribution in [0.25, 0.3) is 0 Å². The monoisotopic (exact) mass is 264 g/mol. The highest BCUT2D eigenvalue weighted by atomic mass is 16.2. The first-order valence-electron chi connectivity index (χ1n) is 7.35. The van der Waals surface area contributed by atoms with Gasteiger partial charge in [0, 0.05) is 12.6 Å². The van der Waals surface area contributed by atoms with Crippen LogP contribution < -0.4 is 11.1 Å². The molecule has 5 heteroatoms. The molecule has 5 nitrogen and oxygen atoms in total. The predicted octanol–water partition coefficient (Wildman–Crippen LogP) is 0.752. The molecule has 0 radical (unpaired) electrons. The summed E-state index contributed by atoms with van der Waals surface area (Å²) in [6, 6.07) is 2.65. The van der Waals surface area contributed by atoms with E-state index in [1.807, 2.05) is 0 Å². The number of nitrogens with two attached hydrogens (primary N) is 1. The fourth-order valence-electron chi connectivity index (χ4n) is 3.28. The molecule has 19 heavy (non-hydrogen) atoms. The van der Waals surface area contributed by atoms with E-state index in [4.69, 9.17) is 5.73 Å². The molecule has 1 aliphatic carbocycles. The van der Waals surface area contributed by atoms with Crippen LogP contribution in [-0.4, -0.2) is 42.0 Å². The summed E-state index contributed by atoms with van der Waals surface area (Å²) in [7, 11) is 0. The minimum atomic E-state index is -0.618. The molecule has 1 saturated carbocycles. The number of carbonyl (C=O) groups excluding carboxylic acids is 1. The van der Waals surface area contributed by atoms with E-state index in [-0.39, 0.29) is 5.91 Å². The average molecular weight is 264 g/mol. The minimum absolute atomic E-state index is 0.0243. The highest BCUT2D eigenvalue weighted by molar-refractivity contribution is 5.79. The smallest absolute Gasteiger partial charge is 0.235 e. The van der Waals surface area contributed by atoms with Crippen molar-refractivity contribution >= 4 is 5.91 Å². The third-order valence-electron chi connectivity index (χ3n) is 4.42. The van der Waals surface area contributed by atoms with Crippen LogP contribution in [0.3, 0.4) is 0 Å². The Morgan fingerprint density at radius 3 is 2.74 bits per heavy atom. The lowest BCUT2D eigenvalue weighted by Gasteiger charge is -2.32. The highest BCUT2D eigenvalue weighted by Gasteiger charge is 2.34. The van der Waals surface area contributed by atoms with E-state index < -0.39 is 5.54 Å². The Labute approximate surface area is 115 Å². The summed E-state index contributed by atoms with van der Waals surface area (Å²) >= 11 is 0. The molecule has 3 N–H and O–H groups in total. The van der Waals surface area contributed by atoms with Crippen LogP contribution >= 0.6 is 0 Å². The zero-order valence-electron chi connectivity index (χ0n) is 11.5. The van der Waals surface area contributed by atoms with Gasteiger partial charge >= 0.3 is 0 Å². The standard InChI is InChI=1S/C14H24N4O/c15-9-12-5-4-8-18(12)10-13(19)17-14(11-16)6-2-1-3-7-14/h12H,1-10,15H2,(H,17,19). The van der Waals surface area contributed by atoms with E-state index >= 15 is 0 Å². The molecule has 106 valence electrons. The molecule has 1 heterocycles. The van der Waals surface area contributed by atoms with Crippen molar-refractivity contribution in [3.8, 4) is 6.07 Å². The number of rotatable bonds is 4. The topological polar surface area (TPSA) is 82.2 Å². The summed E-state index contributed by atoms with van der Waals surface area (Å²) < 4.78 is 0. The van der Waals surface area contributed by atoms with Gasteiger partial charge in [-0.05, 0) is 32.2 Å². The van der Waals surface area contributed by atoms with Gasteiger partial charge in [-0.1, -0.05) is 19.3 Å². The number of nitrogens with one attached hydrogen (secondary N) is 1. The lowest BCUT2D eigenvalue weighted by Crippen LogP contribution is -2.52. The van der Waals surface area contributed by atoms with Gasteiger partial charge in [0.25, 0.3) is 0 Å². The number of nitrogens with zero attached hydrogens (tertiary/aromatic N) is 2. The summed E-state index contributed by atoms with van der Waals surface area (Å²) in [5.41, 5.74) is 5.09. The Hall–Kier alpha value is -1.12. The zero-order valence-corrected chi connectivity index (χ0v) is 11.5. The summed E-state index contributed by atoms with van der Waals surface area (Å²) in [6.45, 7) is 1.93. The van der Waals surface area contributed by atoms with Crippen molar-refractivity contribution in [2.75, 3.05) is 19.6 Å². The average Bonchev–Trinajstić information content (AvgIpc) is 2.86. The first-order chi connectivity index (χ1) is 9.19. The van der Waals surface area contributed by atoms with Gasteiger partial charge in [-0.15, -0.1) is 0 Å². The lowest BCUT2D eigenvalue weighted by molar-refractivity contribution is -0.124. The summed E-state index contributed by atoms with van der Waals surface area (Å²) in [5, 5.41) is 12.3. The maximum Gasteiger partial charge on any atom is 0.235 e. The van der Waals surface area contributed by atoms with Crippen LogP contribution in [-0.2, 0) is 4.79 Å². The van der Waals surface area contributed by atoms with Crippen molar-refractivity contribution in [3.63, 3.8) is 0 Å². The van der Waals surface area contributed by atoms with Gasteiger partial charge in [0.1, 0.15) is 5.54 Å². The molecule has 1 amide bonds. The zero-order chi connectivity index (χ0) is 13.7. The number of likely N-dealkylation sites (tertiary alicyclic amines) is 1. The Bertz CT molecular complexity index is 357. The second-order valence-electron chi connectivity index (χ2n) is 5.80. The molecule has 1 aliphatic heterocycles. The van der Waals surface area contributed by atoms with Gasteiger partial charge in [-0.3, -0.25) is 9.69 Å². The predicted molar refractivity (Wildman–Crippen MR) is 73.2 cm³/mol. The molecule has 0 aromatic carbocycles. The second kappa shape index (κ2) is 6.36. The molecule has 0 aromatic rings. The van der Waals surface area contributed by atoms with E-state index in [9.17, 15) is 10.1 Å². The molecule has 1 saturated heterocycles. The van der Waals surface area contributed by atoms with Crippen molar-refractivity contribution in [2.45, 2.75) is 56.5 Å². The molecule has 0 aromatic heterocycles. The molecule has 0 bridgehead atoms. The van der Waals surface area contributed by atoms with Crippen LogP contribution in [0.1, 0.15) is 44.9 Å². The lowest BCUT2D eigenvalue weighted by atomic mass is 9.83. The van der Waals surface area contributed by atoms with Crippen molar-refractivity contribution in [1.29, 1.82) is 5.26 Å². The maximum absolute atomic E-state index is 12.1. The fraction of sp³-hybridized carbons (Fsp3) is 0.857. The van der Waals surface area contributed by atoms with Gasteiger partial charge < -0.3 is 11.1 Å². The highest BCUT2D eigenvalue weighted by Crippen LogP contribution is 2.27. The first-order valence-corrected chi connectivity index (χ1v) is 7.35. The van der Waals surface area contributed by atoms with E-state index in [0.29, 0.717) is 19.1 Å². The third kappa shape index (κ3) is 3.46. The van der Waals surface area contributed by atoms with E-state index in [1.165, 1.54) is 6.42 Å². The number of amides is 1. The maximum atomic E-state index is 12.1. The summed E-state index contributed by atoms with van der Waals surface area (Å²) in [6.07, 6.45) is 6.99. The molecule has 2 rings (SSSR count). The van der Waals surface area contributed by atoms with Gasteiger partial charge in [0.15, 0.2) is 0 Å². The number of carbonyl (C=O) groups is 1. The number of nitriles is 1. The minimum Gasteiger partial charge on any atom is -0.337 e. The van der Waals surface area contributed by atoms with Crippen molar-refractivity contribution < 1.29 is 4.79 Å². The molecule has 0 spiro atoms. The quantitative estimate of drug-likeness (QED) is 0.785. The number of hydrogen-bond donors (Lipinski definition) is 2. The molecule has 2 fully saturated rings. The summed E-state index contributed by atoms with van der Waals surface area (Å²) in [4.78, 5) is 14.3. The first kappa shape index (κ1) is 14.3. The summed E-state index contributed by atoms with van der Waals surface area (Å²) in [5.74, 6) is -0.0243.